The summed E-state index contributed by atoms with van der Waals surface area (Å²) in [5.74, 6) is -0.238. The molecule has 1 aliphatic carbocycles. The fourth-order valence-electron chi connectivity index (χ4n) is 4.04. The summed E-state index contributed by atoms with van der Waals surface area (Å²) in [6.45, 7) is 8.61. The molecule has 0 spiro atoms. The van der Waals surface area contributed by atoms with E-state index in [0.717, 1.165) is 56.8 Å². The first kappa shape index (κ1) is 20.8. The molecule has 2 aromatic carbocycles. The lowest BCUT2D eigenvalue weighted by Gasteiger charge is -2.35. The van der Waals surface area contributed by atoms with E-state index in [1.807, 2.05) is 12.1 Å². The summed E-state index contributed by atoms with van der Waals surface area (Å²) in [7, 11) is 0. The second kappa shape index (κ2) is 9.58. The summed E-state index contributed by atoms with van der Waals surface area (Å²) in [4.78, 5) is 19.7. The van der Waals surface area contributed by atoms with Crippen molar-refractivity contribution in [1.29, 1.82) is 0 Å². The molecular weight excluding hydrogens is 379 g/mol. The molecule has 5 nitrogen and oxygen atoms in total. The minimum atomic E-state index is -0.231. The van der Waals surface area contributed by atoms with Crippen molar-refractivity contribution in [3.63, 3.8) is 0 Å². The van der Waals surface area contributed by atoms with Gasteiger partial charge in [0.05, 0.1) is 6.54 Å². The number of halogens is 1. The summed E-state index contributed by atoms with van der Waals surface area (Å²) in [6.07, 6.45) is 2.24. The van der Waals surface area contributed by atoms with Crippen LogP contribution in [0.25, 0.3) is 0 Å². The van der Waals surface area contributed by atoms with Gasteiger partial charge in [-0.15, -0.1) is 0 Å². The van der Waals surface area contributed by atoms with Crippen molar-refractivity contribution in [2.75, 3.05) is 49.5 Å². The Morgan fingerprint density at radius 2 is 1.70 bits per heavy atom. The third-order valence-electron chi connectivity index (χ3n) is 6.04. The summed E-state index contributed by atoms with van der Waals surface area (Å²) in [6, 6.07) is 15.1. The molecule has 1 saturated carbocycles. The molecule has 6 heteroatoms. The summed E-state index contributed by atoms with van der Waals surface area (Å²) in [5, 5.41) is 3.03. The molecule has 1 saturated heterocycles. The lowest BCUT2D eigenvalue weighted by Crippen LogP contribution is -2.46. The summed E-state index contributed by atoms with van der Waals surface area (Å²) in [5.41, 5.74) is 3.07. The van der Waals surface area contributed by atoms with E-state index in [4.69, 9.17) is 0 Å². The van der Waals surface area contributed by atoms with E-state index in [0.29, 0.717) is 19.1 Å². The SMILES string of the molecule is CCN1CCN(c2ccc(NC(=O)CN(Cc3ccc(F)cc3)C3CC3)cc2)CC1. The van der Waals surface area contributed by atoms with Crippen molar-refractivity contribution >= 4 is 17.3 Å². The molecule has 0 radical (unpaired) electrons. The molecule has 4 rings (SSSR count). The highest BCUT2D eigenvalue weighted by Gasteiger charge is 2.30. The highest BCUT2D eigenvalue weighted by Crippen LogP contribution is 2.28. The van der Waals surface area contributed by atoms with E-state index in [1.54, 1.807) is 12.1 Å². The van der Waals surface area contributed by atoms with Crippen molar-refractivity contribution in [2.24, 2.45) is 0 Å². The normalized spacial score (nSPS) is 17.4. The first-order chi connectivity index (χ1) is 14.6. The Bertz CT molecular complexity index is 827. The zero-order chi connectivity index (χ0) is 20.9. The largest absolute Gasteiger partial charge is 0.369 e. The number of likely N-dealkylation sites (N-methyl/N-ethyl adjacent to an activating group) is 1. The molecule has 2 aliphatic rings. The number of anilines is 2. The van der Waals surface area contributed by atoms with E-state index in [1.165, 1.54) is 17.8 Å². The average molecular weight is 411 g/mol. The number of benzene rings is 2. The number of nitrogens with one attached hydrogen (secondary N) is 1. The molecule has 30 heavy (non-hydrogen) atoms. The Kier molecular flexibility index (Phi) is 6.65. The molecule has 2 aromatic rings. The number of carbonyl (C=O) groups excluding carboxylic acids is 1. The minimum Gasteiger partial charge on any atom is -0.369 e. The van der Waals surface area contributed by atoms with Crippen LogP contribution >= 0.6 is 0 Å². The number of hydrogen-bond donors (Lipinski definition) is 1. The van der Waals surface area contributed by atoms with Crippen LogP contribution in [0.1, 0.15) is 25.3 Å². The van der Waals surface area contributed by atoms with Crippen LogP contribution in [0.15, 0.2) is 48.5 Å². The van der Waals surface area contributed by atoms with Gasteiger partial charge in [0.25, 0.3) is 0 Å². The van der Waals surface area contributed by atoms with Crippen LogP contribution in [0.3, 0.4) is 0 Å². The lowest BCUT2D eigenvalue weighted by atomic mass is 10.2. The fraction of sp³-hybridized carbons (Fsp3) is 0.458. The van der Waals surface area contributed by atoms with Crippen molar-refractivity contribution < 1.29 is 9.18 Å². The maximum Gasteiger partial charge on any atom is 0.238 e. The van der Waals surface area contributed by atoms with Crippen LogP contribution in [0.2, 0.25) is 0 Å². The molecule has 2 fully saturated rings. The number of amides is 1. The van der Waals surface area contributed by atoms with Gasteiger partial charge in [-0.3, -0.25) is 9.69 Å². The van der Waals surface area contributed by atoms with Gasteiger partial charge in [0, 0.05) is 50.1 Å². The third kappa shape index (κ3) is 5.58. The second-order valence-electron chi connectivity index (χ2n) is 8.28. The Labute approximate surface area is 178 Å². The van der Waals surface area contributed by atoms with Crippen molar-refractivity contribution in [1.82, 2.24) is 9.80 Å². The molecule has 0 aromatic heterocycles. The summed E-state index contributed by atoms with van der Waals surface area (Å²) < 4.78 is 13.1. The number of hydrogen-bond acceptors (Lipinski definition) is 4. The molecule has 0 bridgehead atoms. The van der Waals surface area contributed by atoms with Gasteiger partial charge in [0.2, 0.25) is 5.91 Å². The van der Waals surface area contributed by atoms with Crippen LogP contribution in [-0.2, 0) is 11.3 Å². The van der Waals surface area contributed by atoms with E-state index < -0.39 is 0 Å². The molecule has 1 amide bonds. The van der Waals surface area contributed by atoms with E-state index >= 15 is 0 Å². The topological polar surface area (TPSA) is 38.8 Å². The van der Waals surface area contributed by atoms with Gasteiger partial charge in [-0.05, 0) is 61.3 Å². The van der Waals surface area contributed by atoms with Crippen LogP contribution in [0.5, 0.6) is 0 Å². The molecule has 1 aliphatic heterocycles. The quantitative estimate of drug-likeness (QED) is 0.722. The van der Waals surface area contributed by atoms with Gasteiger partial charge >= 0.3 is 0 Å². The van der Waals surface area contributed by atoms with Crippen molar-refractivity contribution in [3.05, 3.63) is 59.9 Å². The minimum absolute atomic E-state index is 0.00618. The molecule has 1 N–H and O–H groups in total. The average Bonchev–Trinajstić information content (AvgIpc) is 3.61. The lowest BCUT2D eigenvalue weighted by molar-refractivity contribution is -0.117. The van der Waals surface area contributed by atoms with Crippen LogP contribution in [-0.4, -0.2) is 61.0 Å². The van der Waals surface area contributed by atoms with Crippen LogP contribution in [0.4, 0.5) is 15.8 Å². The van der Waals surface area contributed by atoms with Crippen LogP contribution < -0.4 is 10.2 Å². The standard InChI is InChI=1S/C24H31FN4O/c1-2-27-13-15-28(16-14-27)22-9-7-21(8-10-22)26-24(30)18-29(23-11-12-23)17-19-3-5-20(25)6-4-19/h3-10,23H,2,11-18H2,1H3,(H,26,30). The smallest absolute Gasteiger partial charge is 0.238 e. The first-order valence-electron chi connectivity index (χ1n) is 11.0. The monoisotopic (exact) mass is 410 g/mol. The Morgan fingerprint density at radius 1 is 1.03 bits per heavy atom. The maximum absolute atomic E-state index is 13.1. The summed E-state index contributed by atoms with van der Waals surface area (Å²) >= 11 is 0. The zero-order valence-electron chi connectivity index (χ0n) is 17.7. The molecule has 1 heterocycles. The third-order valence-corrected chi connectivity index (χ3v) is 6.04. The Morgan fingerprint density at radius 3 is 2.30 bits per heavy atom. The number of rotatable bonds is 8. The van der Waals surface area contributed by atoms with Gasteiger partial charge in [0.1, 0.15) is 5.82 Å². The van der Waals surface area contributed by atoms with E-state index in [-0.39, 0.29) is 11.7 Å². The molecular formula is C24H31FN4O. The predicted octanol–water partition coefficient (Wildman–Crippen LogP) is 3.57. The first-order valence-corrected chi connectivity index (χ1v) is 11.0. The zero-order valence-corrected chi connectivity index (χ0v) is 17.7. The number of nitrogens with zero attached hydrogens (tertiary/aromatic N) is 3. The molecule has 0 atom stereocenters. The van der Waals surface area contributed by atoms with Gasteiger partial charge in [-0.2, -0.15) is 0 Å². The Hall–Kier alpha value is -2.44. The predicted molar refractivity (Wildman–Crippen MR) is 119 cm³/mol. The van der Waals surface area contributed by atoms with Gasteiger partial charge in [-0.25, -0.2) is 4.39 Å². The van der Waals surface area contributed by atoms with Crippen molar-refractivity contribution in [3.8, 4) is 0 Å². The Balaban J connectivity index is 1.30. The highest BCUT2D eigenvalue weighted by atomic mass is 19.1. The number of carbonyl (C=O) groups is 1. The van der Waals surface area contributed by atoms with Gasteiger partial charge < -0.3 is 15.1 Å². The number of piperazine rings is 1. The maximum atomic E-state index is 13.1. The van der Waals surface area contributed by atoms with Gasteiger partial charge in [-0.1, -0.05) is 19.1 Å². The molecule has 160 valence electrons. The second-order valence-corrected chi connectivity index (χ2v) is 8.28. The van der Waals surface area contributed by atoms with Crippen molar-refractivity contribution in [2.45, 2.75) is 32.4 Å². The fourth-order valence-corrected chi connectivity index (χ4v) is 4.04. The van der Waals surface area contributed by atoms with E-state index in [9.17, 15) is 9.18 Å². The van der Waals surface area contributed by atoms with Gasteiger partial charge in [0.15, 0.2) is 0 Å². The van der Waals surface area contributed by atoms with Crippen LogP contribution in [0, 0.1) is 5.82 Å². The molecule has 0 unspecified atom stereocenters. The van der Waals surface area contributed by atoms with E-state index in [2.05, 4.69) is 39.1 Å². The highest BCUT2D eigenvalue weighted by molar-refractivity contribution is 5.92.